The summed E-state index contributed by atoms with van der Waals surface area (Å²) < 4.78 is 27.5. The molecule has 6 heteroatoms. The van der Waals surface area contributed by atoms with Crippen molar-refractivity contribution in [3.05, 3.63) is 22.4 Å². The normalized spacial score (nSPS) is 19.4. The van der Waals surface area contributed by atoms with E-state index in [0.29, 0.717) is 6.54 Å². The topological polar surface area (TPSA) is 49.4 Å². The van der Waals surface area contributed by atoms with Gasteiger partial charge in [-0.1, -0.05) is 19.3 Å². The highest BCUT2D eigenvalue weighted by Gasteiger charge is 2.28. The standard InChI is InChI=1S/C14H24N2O2S2/c1-16(2)14(12-8-9-19-11-12)10-15-20(17,18)13-6-4-3-5-7-13/h8-9,11,13-15H,3-7,10H2,1-2H3. The first kappa shape index (κ1) is 15.9. The lowest BCUT2D eigenvalue weighted by Gasteiger charge is -2.27. The number of hydrogen-bond acceptors (Lipinski definition) is 4. The predicted octanol–water partition coefficient (Wildman–Crippen LogP) is 2.60. The fourth-order valence-corrected chi connectivity index (χ4v) is 5.04. The van der Waals surface area contributed by atoms with Gasteiger partial charge in [0.1, 0.15) is 0 Å². The van der Waals surface area contributed by atoms with Crippen LogP contribution in [-0.4, -0.2) is 39.2 Å². The van der Waals surface area contributed by atoms with Crippen LogP contribution in [0, 0.1) is 0 Å². The van der Waals surface area contributed by atoms with Crippen LogP contribution in [0.2, 0.25) is 0 Å². The molecule has 0 aromatic carbocycles. The second kappa shape index (κ2) is 7.02. The lowest BCUT2D eigenvalue weighted by molar-refractivity contribution is 0.299. The van der Waals surface area contributed by atoms with Gasteiger partial charge >= 0.3 is 0 Å². The molecule has 0 radical (unpaired) electrons. The number of thiophene rings is 1. The molecule has 1 unspecified atom stereocenters. The molecule has 1 fully saturated rings. The minimum atomic E-state index is -3.18. The third-order valence-electron chi connectivity index (χ3n) is 4.02. The quantitative estimate of drug-likeness (QED) is 0.877. The largest absolute Gasteiger partial charge is 0.301 e. The lowest BCUT2D eigenvalue weighted by Crippen LogP contribution is -2.40. The van der Waals surface area contributed by atoms with Gasteiger partial charge < -0.3 is 4.90 Å². The Balaban J connectivity index is 1.98. The van der Waals surface area contributed by atoms with E-state index in [2.05, 4.69) is 21.1 Å². The molecule has 1 aliphatic rings. The smallest absolute Gasteiger partial charge is 0.214 e. The number of likely N-dealkylation sites (N-methyl/N-ethyl adjacent to an activating group) is 1. The summed E-state index contributed by atoms with van der Waals surface area (Å²) in [5.74, 6) is 0. The van der Waals surface area contributed by atoms with E-state index in [1.165, 1.54) is 12.0 Å². The van der Waals surface area contributed by atoms with Gasteiger partial charge in [0.15, 0.2) is 0 Å². The molecular weight excluding hydrogens is 292 g/mol. The van der Waals surface area contributed by atoms with Crippen LogP contribution >= 0.6 is 11.3 Å². The SMILES string of the molecule is CN(C)C(CNS(=O)(=O)C1CCCCC1)c1ccsc1. The molecule has 1 aromatic heterocycles. The predicted molar refractivity (Wildman–Crippen MR) is 84.5 cm³/mol. The Kier molecular flexibility index (Phi) is 5.60. The Hall–Kier alpha value is -0.430. The minimum Gasteiger partial charge on any atom is -0.301 e. The van der Waals surface area contributed by atoms with E-state index in [-0.39, 0.29) is 11.3 Å². The lowest BCUT2D eigenvalue weighted by atomic mass is 10.0. The van der Waals surface area contributed by atoms with Gasteiger partial charge in [0.05, 0.1) is 5.25 Å². The molecule has 1 aromatic rings. The highest BCUT2D eigenvalue weighted by atomic mass is 32.2. The summed E-state index contributed by atoms with van der Waals surface area (Å²) >= 11 is 1.64. The van der Waals surface area contributed by atoms with Crippen LogP contribution in [-0.2, 0) is 10.0 Å². The van der Waals surface area contributed by atoms with Crippen LogP contribution in [0.3, 0.4) is 0 Å². The van der Waals surface area contributed by atoms with Gasteiger partial charge in [0.25, 0.3) is 0 Å². The summed E-state index contributed by atoms with van der Waals surface area (Å²) in [7, 11) is 0.790. The van der Waals surface area contributed by atoms with Crippen LogP contribution in [0.25, 0.3) is 0 Å². The van der Waals surface area contributed by atoms with Crippen molar-refractivity contribution in [1.29, 1.82) is 0 Å². The summed E-state index contributed by atoms with van der Waals surface area (Å²) in [5, 5.41) is 3.92. The summed E-state index contributed by atoms with van der Waals surface area (Å²) in [6, 6.07) is 2.16. The molecule has 0 bridgehead atoms. The van der Waals surface area contributed by atoms with Crippen molar-refractivity contribution < 1.29 is 8.42 Å². The zero-order valence-corrected chi connectivity index (χ0v) is 13.8. The molecule has 1 saturated carbocycles. The van der Waals surface area contributed by atoms with E-state index in [9.17, 15) is 8.42 Å². The number of nitrogens with zero attached hydrogens (tertiary/aromatic N) is 1. The van der Waals surface area contributed by atoms with Crippen molar-refractivity contribution in [3.8, 4) is 0 Å². The Bertz CT molecular complexity index is 491. The van der Waals surface area contributed by atoms with Crippen LogP contribution < -0.4 is 4.72 Å². The Morgan fingerprint density at radius 2 is 2.05 bits per heavy atom. The fourth-order valence-electron chi connectivity index (χ4n) is 2.75. The maximum Gasteiger partial charge on any atom is 0.214 e. The zero-order chi connectivity index (χ0) is 14.6. The van der Waals surface area contributed by atoms with Crippen LogP contribution in [0.1, 0.15) is 43.7 Å². The van der Waals surface area contributed by atoms with Crippen LogP contribution in [0.4, 0.5) is 0 Å². The minimum absolute atomic E-state index is 0.0969. The second-order valence-electron chi connectivity index (χ2n) is 5.69. The molecule has 1 heterocycles. The van der Waals surface area contributed by atoms with Crippen molar-refractivity contribution >= 4 is 21.4 Å². The van der Waals surface area contributed by atoms with Crippen molar-refractivity contribution in [3.63, 3.8) is 0 Å². The maximum atomic E-state index is 12.4. The molecule has 1 N–H and O–H groups in total. The number of rotatable bonds is 6. The summed E-state index contributed by atoms with van der Waals surface area (Å²) in [5.41, 5.74) is 1.17. The number of hydrogen-bond donors (Lipinski definition) is 1. The van der Waals surface area contributed by atoms with Gasteiger partial charge in [-0.2, -0.15) is 11.3 Å². The molecule has 0 aliphatic heterocycles. The molecule has 20 heavy (non-hydrogen) atoms. The Morgan fingerprint density at radius 3 is 2.60 bits per heavy atom. The van der Waals surface area contributed by atoms with Crippen LogP contribution in [0.15, 0.2) is 16.8 Å². The molecule has 2 rings (SSSR count). The van der Waals surface area contributed by atoms with Gasteiger partial charge in [-0.05, 0) is 49.3 Å². The third kappa shape index (κ3) is 4.04. The number of sulfonamides is 1. The van der Waals surface area contributed by atoms with Crippen molar-refractivity contribution in [2.45, 2.75) is 43.4 Å². The van der Waals surface area contributed by atoms with Gasteiger partial charge in [-0.3, -0.25) is 0 Å². The fraction of sp³-hybridized carbons (Fsp3) is 0.714. The van der Waals surface area contributed by atoms with Crippen molar-refractivity contribution in [2.75, 3.05) is 20.6 Å². The van der Waals surface area contributed by atoms with E-state index in [0.717, 1.165) is 25.7 Å². The van der Waals surface area contributed by atoms with E-state index >= 15 is 0 Å². The summed E-state index contributed by atoms with van der Waals surface area (Å²) in [6.45, 7) is 0.447. The molecule has 1 atom stereocenters. The molecule has 0 saturated heterocycles. The van der Waals surface area contributed by atoms with Crippen LogP contribution in [0.5, 0.6) is 0 Å². The average molecular weight is 316 g/mol. The van der Waals surface area contributed by atoms with E-state index in [1.54, 1.807) is 11.3 Å². The first-order chi connectivity index (χ1) is 9.50. The maximum absolute atomic E-state index is 12.4. The highest BCUT2D eigenvalue weighted by Crippen LogP contribution is 2.24. The molecule has 0 spiro atoms. The van der Waals surface area contributed by atoms with Crippen molar-refractivity contribution in [2.24, 2.45) is 0 Å². The summed E-state index contributed by atoms with van der Waals surface area (Å²) in [4.78, 5) is 2.06. The molecule has 114 valence electrons. The van der Waals surface area contributed by atoms with E-state index in [1.807, 2.05) is 19.5 Å². The molecule has 4 nitrogen and oxygen atoms in total. The van der Waals surface area contributed by atoms with Gasteiger partial charge in [-0.25, -0.2) is 13.1 Å². The Morgan fingerprint density at radius 1 is 1.35 bits per heavy atom. The van der Waals surface area contributed by atoms with Gasteiger partial charge in [0, 0.05) is 12.6 Å². The third-order valence-corrected chi connectivity index (χ3v) is 6.64. The molecular formula is C14H24N2O2S2. The first-order valence-electron chi connectivity index (χ1n) is 7.17. The molecule has 1 aliphatic carbocycles. The van der Waals surface area contributed by atoms with E-state index in [4.69, 9.17) is 0 Å². The van der Waals surface area contributed by atoms with E-state index < -0.39 is 10.0 Å². The Labute approximate surface area is 126 Å². The highest BCUT2D eigenvalue weighted by molar-refractivity contribution is 7.90. The number of nitrogens with one attached hydrogen (secondary N) is 1. The van der Waals surface area contributed by atoms with Gasteiger partial charge in [0.2, 0.25) is 10.0 Å². The average Bonchev–Trinajstić information content (AvgIpc) is 2.93. The molecule has 0 amide bonds. The van der Waals surface area contributed by atoms with Gasteiger partial charge in [-0.15, -0.1) is 0 Å². The van der Waals surface area contributed by atoms with Crippen molar-refractivity contribution in [1.82, 2.24) is 9.62 Å². The first-order valence-corrected chi connectivity index (χ1v) is 9.66. The summed E-state index contributed by atoms with van der Waals surface area (Å²) in [6.07, 6.45) is 4.85. The zero-order valence-electron chi connectivity index (χ0n) is 12.2. The second-order valence-corrected chi connectivity index (χ2v) is 8.51. The monoisotopic (exact) mass is 316 g/mol.